The van der Waals surface area contributed by atoms with Gasteiger partial charge in [0.25, 0.3) is 0 Å². The topological polar surface area (TPSA) is 68.1 Å². The van der Waals surface area contributed by atoms with E-state index in [0.29, 0.717) is 36.2 Å². The first-order chi connectivity index (χ1) is 20.0. The van der Waals surface area contributed by atoms with Crippen molar-refractivity contribution in [3.63, 3.8) is 0 Å². The highest BCUT2D eigenvalue weighted by Crippen LogP contribution is 2.32. The Labute approximate surface area is 243 Å². The second-order valence-electron chi connectivity index (χ2n) is 10.2. The lowest BCUT2D eigenvalue weighted by Gasteiger charge is -2.19. The molecule has 0 fully saturated rings. The van der Waals surface area contributed by atoms with Gasteiger partial charge in [-0.15, -0.1) is 0 Å². The van der Waals surface area contributed by atoms with Gasteiger partial charge in [0.1, 0.15) is 24.9 Å². The molecule has 0 saturated heterocycles. The van der Waals surface area contributed by atoms with Crippen molar-refractivity contribution in [2.75, 3.05) is 53.5 Å². The van der Waals surface area contributed by atoms with Crippen LogP contribution in [0.5, 0.6) is 23.0 Å². The molecule has 2 heterocycles. The summed E-state index contributed by atoms with van der Waals surface area (Å²) in [4.78, 5) is 13.9. The number of benzene rings is 3. The maximum Gasteiger partial charge on any atom is 0.161 e. The quantitative estimate of drug-likeness (QED) is 0.300. The van der Waals surface area contributed by atoms with Gasteiger partial charge in [-0.1, -0.05) is 17.7 Å². The normalized spacial score (nSPS) is 14.7. The average Bonchev–Trinajstić information content (AvgIpc) is 3.68. The molecule has 0 spiro atoms. The maximum absolute atomic E-state index is 6.22. The molecular weight excluding hydrogens is 516 g/mol. The zero-order chi connectivity index (χ0) is 28.8. The van der Waals surface area contributed by atoms with E-state index in [1.165, 1.54) is 0 Å². The van der Waals surface area contributed by atoms with Crippen molar-refractivity contribution in [1.82, 2.24) is 9.80 Å². The second kappa shape index (κ2) is 13.0. The van der Waals surface area contributed by atoms with Crippen LogP contribution in [-0.4, -0.2) is 75.0 Å². The van der Waals surface area contributed by atoms with Gasteiger partial charge in [0.05, 0.1) is 27.3 Å². The zero-order valence-corrected chi connectivity index (χ0v) is 24.8. The molecule has 0 N–H and O–H groups in total. The Hall–Kier alpha value is -4.20. The SMILES string of the molecule is CCN1CCN=C1c1ccc(OCc2cc(C)cc(COc3ccc(C4=NCCN4CC)cc3OC)c2)c(OC)c1. The fourth-order valence-electron chi connectivity index (χ4n) is 5.42. The molecular formula is C33H40N4O4. The molecule has 5 rings (SSSR count). The molecule has 216 valence electrons. The van der Waals surface area contributed by atoms with Gasteiger partial charge in [-0.25, -0.2) is 0 Å². The Morgan fingerprint density at radius 2 is 1.10 bits per heavy atom. The summed E-state index contributed by atoms with van der Waals surface area (Å²) in [5.41, 5.74) is 5.37. The van der Waals surface area contributed by atoms with Crippen LogP contribution < -0.4 is 18.9 Å². The summed E-state index contributed by atoms with van der Waals surface area (Å²) in [6.07, 6.45) is 0. The molecule has 0 unspecified atom stereocenters. The van der Waals surface area contributed by atoms with Crippen molar-refractivity contribution in [2.24, 2.45) is 9.98 Å². The summed E-state index contributed by atoms with van der Waals surface area (Å²) in [7, 11) is 3.34. The van der Waals surface area contributed by atoms with E-state index in [1.807, 2.05) is 24.3 Å². The smallest absolute Gasteiger partial charge is 0.161 e. The Kier molecular flexibility index (Phi) is 8.97. The molecule has 3 aromatic carbocycles. The predicted octanol–water partition coefficient (Wildman–Crippen LogP) is 5.33. The molecule has 41 heavy (non-hydrogen) atoms. The molecule has 0 saturated carbocycles. The van der Waals surface area contributed by atoms with Gasteiger partial charge in [0, 0.05) is 37.3 Å². The second-order valence-corrected chi connectivity index (χ2v) is 10.2. The summed E-state index contributed by atoms with van der Waals surface area (Å²) < 4.78 is 23.8. The number of hydrogen-bond donors (Lipinski definition) is 0. The number of amidine groups is 2. The van der Waals surface area contributed by atoms with E-state index in [0.717, 1.165) is 78.8 Å². The monoisotopic (exact) mass is 556 g/mol. The van der Waals surface area contributed by atoms with Crippen LogP contribution in [0.3, 0.4) is 0 Å². The summed E-state index contributed by atoms with van der Waals surface area (Å²) >= 11 is 0. The minimum Gasteiger partial charge on any atom is -0.493 e. The molecule has 2 aliphatic rings. The number of methoxy groups -OCH3 is 2. The first-order valence-corrected chi connectivity index (χ1v) is 14.3. The predicted molar refractivity (Wildman–Crippen MR) is 163 cm³/mol. The Balaban J connectivity index is 1.25. The Bertz CT molecular complexity index is 1330. The van der Waals surface area contributed by atoms with Crippen LogP contribution in [0.25, 0.3) is 0 Å². The van der Waals surface area contributed by atoms with E-state index < -0.39 is 0 Å². The highest BCUT2D eigenvalue weighted by molar-refractivity contribution is 6.01. The zero-order valence-electron chi connectivity index (χ0n) is 24.8. The lowest BCUT2D eigenvalue weighted by molar-refractivity contribution is 0.279. The first kappa shape index (κ1) is 28.3. The van der Waals surface area contributed by atoms with Crippen LogP contribution in [-0.2, 0) is 13.2 Å². The highest BCUT2D eigenvalue weighted by atomic mass is 16.5. The molecule has 0 radical (unpaired) electrons. The van der Waals surface area contributed by atoms with Crippen LogP contribution in [0, 0.1) is 6.92 Å². The van der Waals surface area contributed by atoms with E-state index in [9.17, 15) is 0 Å². The third-order valence-electron chi connectivity index (χ3n) is 7.45. The largest absolute Gasteiger partial charge is 0.493 e. The molecule has 8 heteroatoms. The first-order valence-electron chi connectivity index (χ1n) is 14.3. The highest BCUT2D eigenvalue weighted by Gasteiger charge is 2.20. The van der Waals surface area contributed by atoms with E-state index in [1.54, 1.807) is 14.2 Å². The van der Waals surface area contributed by atoms with E-state index >= 15 is 0 Å². The van der Waals surface area contributed by atoms with E-state index in [4.69, 9.17) is 18.9 Å². The summed E-state index contributed by atoms with van der Waals surface area (Å²) in [5.74, 6) is 4.84. The molecule has 0 bridgehead atoms. The van der Waals surface area contributed by atoms with Crippen molar-refractivity contribution >= 4 is 11.7 Å². The lowest BCUT2D eigenvalue weighted by atomic mass is 10.1. The standard InChI is InChI=1S/C33H40N4O4/c1-6-36-14-12-34-32(36)26-8-10-28(30(19-26)38-4)40-21-24-16-23(3)17-25(18-24)22-41-29-11-9-27(20-31(29)39-5)33-35-13-15-37(33)7-2/h8-11,16-20H,6-7,12-15,21-22H2,1-5H3. The maximum atomic E-state index is 6.22. The van der Waals surface area contributed by atoms with Crippen LogP contribution in [0.2, 0.25) is 0 Å². The van der Waals surface area contributed by atoms with Crippen molar-refractivity contribution in [3.05, 3.63) is 82.4 Å². The number of rotatable bonds is 12. The third-order valence-corrected chi connectivity index (χ3v) is 7.45. The number of aliphatic imine (C=N–C) groups is 2. The van der Waals surface area contributed by atoms with Gasteiger partial charge in [0.15, 0.2) is 23.0 Å². The molecule has 0 aliphatic carbocycles. The molecule has 8 nitrogen and oxygen atoms in total. The Morgan fingerprint density at radius 3 is 1.51 bits per heavy atom. The third kappa shape index (κ3) is 6.42. The van der Waals surface area contributed by atoms with Crippen LogP contribution in [0.4, 0.5) is 0 Å². The summed E-state index contributed by atoms with van der Waals surface area (Å²) in [5, 5.41) is 0. The van der Waals surface area contributed by atoms with Gasteiger partial charge < -0.3 is 28.7 Å². The molecule has 2 aliphatic heterocycles. The van der Waals surface area contributed by atoms with Crippen molar-refractivity contribution in [2.45, 2.75) is 34.0 Å². The van der Waals surface area contributed by atoms with Crippen molar-refractivity contribution in [3.8, 4) is 23.0 Å². The fourth-order valence-corrected chi connectivity index (χ4v) is 5.42. The Morgan fingerprint density at radius 1 is 0.634 bits per heavy atom. The van der Waals surface area contributed by atoms with Gasteiger partial charge >= 0.3 is 0 Å². The number of likely N-dealkylation sites (N-methyl/N-ethyl adjacent to an activating group) is 2. The van der Waals surface area contributed by atoms with Crippen LogP contribution >= 0.6 is 0 Å². The van der Waals surface area contributed by atoms with Crippen LogP contribution in [0.1, 0.15) is 41.7 Å². The van der Waals surface area contributed by atoms with Crippen molar-refractivity contribution in [1.29, 1.82) is 0 Å². The number of hydrogen-bond acceptors (Lipinski definition) is 8. The molecule has 3 aromatic rings. The summed E-state index contributed by atoms with van der Waals surface area (Å²) in [6.45, 7) is 12.7. The summed E-state index contributed by atoms with van der Waals surface area (Å²) in [6, 6.07) is 18.4. The molecule has 0 atom stereocenters. The van der Waals surface area contributed by atoms with Gasteiger partial charge in [-0.3, -0.25) is 9.98 Å². The minimum absolute atomic E-state index is 0.417. The lowest BCUT2D eigenvalue weighted by Crippen LogP contribution is -2.28. The van der Waals surface area contributed by atoms with E-state index in [-0.39, 0.29) is 0 Å². The number of ether oxygens (including phenoxy) is 4. The fraction of sp³-hybridized carbons (Fsp3) is 0.394. The molecule has 0 aromatic heterocycles. The molecule has 0 amide bonds. The van der Waals surface area contributed by atoms with Gasteiger partial charge in [0.2, 0.25) is 0 Å². The average molecular weight is 557 g/mol. The van der Waals surface area contributed by atoms with Gasteiger partial charge in [-0.05, 0) is 74.4 Å². The van der Waals surface area contributed by atoms with Crippen LogP contribution in [0.15, 0.2) is 64.6 Å². The number of nitrogens with zero attached hydrogens (tertiary/aromatic N) is 4. The minimum atomic E-state index is 0.417. The van der Waals surface area contributed by atoms with E-state index in [2.05, 4.69) is 70.9 Å². The van der Waals surface area contributed by atoms with Gasteiger partial charge in [-0.2, -0.15) is 0 Å². The number of aryl methyl sites for hydroxylation is 1. The van der Waals surface area contributed by atoms with Crippen molar-refractivity contribution < 1.29 is 18.9 Å².